The molecule has 2 atom stereocenters. The standard InChI is InChI=1S/2C22H22F4N2O6S/c2*1-20(2,16-9-13(23)4-7-17(16)28-35(3,32)33)11-21(31,22(24,25)26)19(30)27-14-5-6-15-12(8-14)10-34-18(15)29/h2*4-9,28,31H,10-11H2,1-3H3,(H,27,30). The average Bonchev–Trinajstić information content (AvgIpc) is 3.77. The minimum atomic E-state index is -5.46. The molecule has 16 nitrogen and oxygen atoms in total. The van der Waals surface area contributed by atoms with Crippen molar-refractivity contribution < 1.29 is 90.8 Å². The lowest BCUT2D eigenvalue weighted by molar-refractivity contribution is -0.255. The van der Waals surface area contributed by atoms with Crippen LogP contribution in [0.25, 0.3) is 0 Å². The number of ether oxygens (including phenoxy) is 2. The number of aliphatic hydroxyl groups is 2. The molecule has 2 amide bonds. The van der Waals surface area contributed by atoms with E-state index in [1.165, 1.54) is 64.1 Å². The highest BCUT2D eigenvalue weighted by Crippen LogP contribution is 2.46. The number of alkyl halides is 6. The fourth-order valence-electron chi connectivity index (χ4n) is 7.71. The lowest BCUT2D eigenvalue weighted by atomic mass is 9.74. The molecule has 0 spiro atoms. The monoisotopic (exact) mass is 1040 g/mol. The van der Waals surface area contributed by atoms with Crippen LogP contribution in [0.5, 0.6) is 0 Å². The maximum atomic E-state index is 14.1. The molecule has 0 radical (unpaired) electrons. The number of fused-ring (bicyclic) bond motifs is 2. The van der Waals surface area contributed by atoms with Crippen molar-refractivity contribution >= 4 is 66.5 Å². The SMILES string of the molecule is CC(C)(CC(O)(C(=O)Nc1ccc2c(c1)COC2=O)C(F)(F)F)c1cc(F)ccc1NS(C)(=O)=O.CC(C)(CC(O)(C(=O)Nc1ccc2c(c1)COC2=O)C(F)(F)F)c1cc(F)ccc1NS(C)(=O)=O. The lowest BCUT2D eigenvalue weighted by Crippen LogP contribution is -2.57. The zero-order valence-electron chi connectivity index (χ0n) is 37.6. The molecule has 2 unspecified atom stereocenters. The van der Waals surface area contributed by atoms with E-state index in [9.17, 15) is 81.4 Å². The number of halogens is 8. The zero-order chi connectivity index (χ0) is 52.8. The van der Waals surface area contributed by atoms with E-state index in [0.717, 1.165) is 48.9 Å². The van der Waals surface area contributed by atoms with E-state index < -0.39 is 103 Å². The molecule has 0 saturated heterocycles. The molecule has 6 N–H and O–H groups in total. The number of esters is 2. The number of hydrogen-bond donors (Lipinski definition) is 6. The number of hydrogen-bond acceptors (Lipinski definition) is 12. The molecule has 4 aromatic carbocycles. The molecule has 26 heteroatoms. The Labute approximate surface area is 394 Å². The van der Waals surface area contributed by atoms with Crippen LogP contribution in [0.3, 0.4) is 0 Å². The second-order valence-electron chi connectivity index (χ2n) is 17.8. The van der Waals surface area contributed by atoms with Crippen LogP contribution in [0.4, 0.5) is 57.9 Å². The smallest absolute Gasteiger partial charge is 0.426 e. The largest absolute Gasteiger partial charge is 0.457 e. The lowest BCUT2D eigenvalue weighted by Gasteiger charge is -2.37. The van der Waals surface area contributed by atoms with Gasteiger partial charge in [0.1, 0.15) is 24.8 Å². The van der Waals surface area contributed by atoms with Gasteiger partial charge in [0, 0.05) is 35.3 Å². The highest BCUT2D eigenvalue weighted by Gasteiger charge is 2.63. The topological polar surface area (TPSA) is 244 Å². The molecule has 2 heterocycles. The van der Waals surface area contributed by atoms with Crippen LogP contribution in [0.2, 0.25) is 0 Å². The van der Waals surface area contributed by atoms with Crippen LogP contribution < -0.4 is 20.1 Å². The number of sulfonamides is 2. The molecular weight excluding hydrogens is 993 g/mol. The molecule has 2 aliphatic rings. The zero-order valence-corrected chi connectivity index (χ0v) is 39.2. The number of nitrogens with one attached hydrogen (secondary N) is 4. The van der Waals surface area contributed by atoms with Crippen LogP contribution in [-0.2, 0) is 63.2 Å². The van der Waals surface area contributed by atoms with Gasteiger partial charge in [-0.25, -0.2) is 35.2 Å². The first-order valence-electron chi connectivity index (χ1n) is 20.2. The van der Waals surface area contributed by atoms with Gasteiger partial charge in [-0.15, -0.1) is 0 Å². The van der Waals surface area contributed by atoms with Crippen molar-refractivity contribution in [2.75, 3.05) is 32.6 Å². The van der Waals surface area contributed by atoms with E-state index in [2.05, 4.69) is 9.44 Å². The molecule has 6 rings (SSSR count). The summed E-state index contributed by atoms with van der Waals surface area (Å²) in [5.74, 6) is -6.56. The maximum absolute atomic E-state index is 14.1. The predicted octanol–water partition coefficient (Wildman–Crippen LogP) is 6.93. The van der Waals surface area contributed by atoms with Crippen molar-refractivity contribution in [1.29, 1.82) is 0 Å². The molecule has 70 heavy (non-hydrogen) atoms. The van der Waals surface area contributed by atoms with Crippen molar-refractivity contribution in [3.8, 4) is 0 Å². The summed E-state index contributed by atoms with van der Waals surface area (Å²) in [5.41, 5.74) is -11.3. The number of anilines is 4. The third-order valence-electron chi connectivity index (χ3n) is 11.0. The molecule has 380 valence electrons. The summed E-state index contributed by atoms with van der Waals surface area (Å²) in [5, 5.41) is 25.3. The molecule has 2 aliphatic heterocycles. The van der Waals surface area contributed by atoms with Gasteiger partial charge in [-0.1, -0.05) is 27.7 Å². The third kappa shape index (κ3) is 12.3. The van der Waals surface area contributed by atoms with Crippen LogP contribution in [-0.4, -0.2) is 86.9 Å². The average molecular weight is 1040 g/mol. The Bertz CT molecular complexity index is 2790. The first-order valence-corrected chi connectivity index (χ1v) is 24.0. The second kappa shape index (κ2) is 19.1. The normalized spacial score (nSPS) is 15.7. The van der Waals surface area contributed by atoms with E-state index in [1.807, 2.05) is 10.6 Å². The first kappa shape index (κ1) is 54.6. The van der Waals surface area contributed by atoms with Gasteiger partial charge in [0.2, 0.25) is 31.2 Å². The maximum Gasteiger partial charge on any atom is 0.426 e. The fourth-order valence-corrected chi connectivity index (χ4v) is 8.86. The third-order valence-corrected chi connectivity index (χ3v) is 12.2. The highest BCUT2D eigenvalue weighted by molar-refractivity contribution is 7.92. The Morgan fingerprint density at radius 2 is 0.900 bits per heavy atom. The first-order chi connectivity index (χ1) is 31.9. The van der Waals surface area contributed by atoms with Gasteiger partial charge >= 0.3 is 24.3 Å². The van der Waals surface area contributed by atoms with Gasteiger partial charge in [0.15, 0.2) is 0 Å². The minimum absolute atomic E-state index is 0.113. The van der Waals surface area contributed by atoms with Gasteiger partial charge in [0.25, 0.3) is 11.8 Å². The summed E-state index contributed by atoms with van der Waals surface area (Å²) >= 11 is 0. The van der Waals surface area contributed by atoms with Crippen molar-refractivity contribution in [1.82, 2.24) is 0 Å². The molecular formula is C44H44F8N4O12S2. The molecule has 0 aromatic heterocycles. The van der Waals surface area contributed by atoms with Crippen LogP contribution in [0, 0.1) is 11.6 Å². The van der Waals surface area contributed by atoms with E-state index >= 15 is 0 Å². The molecule has 0 aliphatic carbocycles. The van der Waals surface area contributed by atoms with Crippen LogP contribution in [0.15, 0.2) is 72.8 Å². The molecule has 0 bridgehead atoms. The number of rotatable bonds is 14. The van der Waals surface area contributed by atoms with Crippen molar-refractivity contribution in [2.24, 2.45) is 0 Å². The van der Waals surface area contributed by atoms with E-state index in [-0.39, 0.29) is 58.2 Å². The fraction of sp³-hybridized carbons (Fsp3) is 0.364. The Balaban J connectivity index is 0.000000261. The molecule has 0 saturated carbocycles. The number of benzene rings is 4. The summed E-state index contributed by atoms with van der Waals surface area (Å²) in [4.78, 5) is 48.6. The number of carbonyl (C=O) groups excluding carboxylic acids is 4. The predicted molar refractivity (Wildman–Crippen MR) is 235 cm³/mol. The minimum Gasteiger partial charge on any atom is -0.457 e. The van der Waals surface area contributed by atoms with Gasteiger partial charge < -0.3 is 30.3 Å². The van der Waals surface area contributed by atoms with Gasteiger partial charge in [-0.05, 0) is 94.8 Å². The van der Waals surface area contributed by atoms with E-state index in [0.29, 0.717) is 11.1 Å². The summed E-state index contributed by atoms with van der Waals surface area (Å²) in [6.45, 7) is 4.58. The highest BCUT2D eigenvalue weighted by atomic mass is 32.2. The summed E-state index contributed by atoms with van der Waals surface area (Å²) in [7, 11) is -7.76. The summed E-state index contributed by atoms with van der Waals surface area (Å²) in [6, 6.07) is 13.0. The van der Waals surface area contributed by atoms with Gasteiger partial charge in [-0.2, -0.15) is 26.3 Å². The van der Waals surface area contributed by atoms with Crippen molar-refractivity contribution in [3.63, 3.8) is 0 Å². The Morgan fingerprint density at radius 1 is 0.571 bits per heavy atom. The number of cyclic esters (lactones) is 2. The molecule has 4 aromatic rings. The molecule has 0 fully saturated rings. The number of carbonyl (C=O) groups is 4. The van der Waals surface area contributed by atoms with E-state index in [4.69, 9.17) is 9.47 Å². The van der Waals surface area contributed by atoms with E-state index in [1.54, 1.807) is 0 Å². The quantitative estimate of drug-likeness (QED) is 0.0556. The van der Waals surface area contributed by atoms with Gasteiger partial charge in [0.05, 0.1) is 35.0 Å². The Hall–Kier alpha value is -6.38. The van der Waals surface area contributed by atoms with Crippen molar-refractivity contribution in [2.45, 2.75) is 88.1 Å². The van der Waals surface area contributed by atoms with Gasteiger partial charge in [-0.3, -0.25) is 19.0 Å². The van der Waals surface area contributed by atoms with Crippen LogP contribution in [0.1, 0.15) is 83.5 Å². The second-order valence-corrected chi connectivity index (χ2v) is 21.3. The Morgan fingerprint density at radius 3 is 1.20 bits per heavy atom. The Kier molecular flexibility index (Phi) is 14.9. The van der Waals surface area contributed by atoms with Crippen LogP contribution >= 0.6 is 0 Å². The van der Waals surface area contributed by atoms with Crippen molar-refractivity contribution in [3.05, 3.63) is 118 Å². The summed E-state index contributed by atoms with van der Waals surface area (Å²) in [6.07, 6.45) is -11.8. The summed E-state index contributed by atoms with van der Waals surface area (Å²) < 4.78 is 173. The number of amides is 2.